The van der Waals surface area contributed by atoms with Crippen molar-refractivity contribution in [1.82, 2.24) is 9.55 Å². The van der Waals surface area contributed by atoms with E-state index in [1.807, 2.05) is 43.5 Å². The van der Waals surface area contributed by atoms with Crippen LogP contribution in [0.25, 0.3) is 21.3 Å². The summed E-state index contributed by atoms with van der Waals surface area (Å²) in [4.78, 5) is 29.7. The largest absolute Gasteiger partial charge is 0.469 e. The first-order chi connectivity index (χ1) is 12.0. The Morgan fingerprint density at radius 3 is 2.64 bits per heavy atom. The van der Waals surface area contributed by atoms with E-state index in [2.05, 4.69) is 9.72 Å². The van der Waals surface area contributed by atoms with Crippen molar-refractivity contribution in [2.75, 3.05) is 7.11 Å². The van der Waals surface area contributed by atoms with Crippen molar-refractivity contribution >= 4 is 27.5 Å². The number of rotatable bonds is 5. The predicted octanol–water partition coefficient (Wildman–Crippen LogP) is 3.70. The molecule has 0 fully saturated rings. The third-order valence-corrected chi connectivity index (χ3v) is 5.11. The Balaban J connectivity index is 2.02. The van der Waals surface area contributed by atoms with Crippen molar-refractivity contribution in [3.8, 4) is 11.1 Å². The molecule has 0 saturated heterocycles. The van der Waals surface area contributed by atoms with Crippen LogP contribution in [0.5, 0.6) is 0 Å². The maximum absolute atomic E-state index is 13.0. The first-order valence-corrected chi connectivity index (χ1v) is 9.01. The molecule has 2 aromatic heterocycles. The van der Waals surface area contributed by atoms with E-state index in [0.29, 0.717) is 24.2 Å². The molecule has 0 aliphatic heterocycles. The number of aryl methyl sites for hydroxylation is 2. The number of carbonyl (C=O) groups excluding carboxylic acids is 1. The molecular formula is C19H20N2O3S. The first kappa shape index (κ1) is 17.4. The lowest BCUT2D eigenvalue weighted by molar-refractivity contribution is -0.140. The lowest BCUT2D eigenvalue weighted by Gasteiger charge is -2.10. The van der Waals surface area contributed by atoms with Crippen LogP contribution in [0.4, 0.5) is 0 Å². The maximum atomic E-state index is 13.0. The normalized spacial score (nSPS) is 11.0. The average Bonchev–Trinajstić information content (AvgIpc) is 3.02. The highest BCUT2D eigenvalue weighted by Crippen LogP contribution is 2.31. The highest BCUT2D eigenvalue weighted by molar-refractivity contribution is 7.17. The van der Waals surface area contributed by atoms with Gasteiger partial charge in [0.15, 0.2) is 0 Å². The molecule has 0 saturated carbocycles. The summed E-state index contributed by atoms with van der Waals surface area (Å²) in [6, 6.07) is 8.13. The molecule has 0 aliphatic carbocycles. The second-order valence-electron chi connectivity index (χ2n) is 5.99. The molecule has 6 heteroatoms. The number of benzene rings is 1. The molecule has 3 rings (SSSR count). The molecule has 5 nitrogen and oxygen atoms in total. The van der Waals surface area contributed by atoms with Gasteiger partial charge in [-0.3, -0.25) is 14.2 Å². The lowest BCUT2D eigenvalue weighted by atomic mass is 10.0. The topological polar surface area (TPSA) is 61.2 Å². The summed E-state index contributed by atoms with van der Waals surface area (Å²) in [5.41, 5.74) is 3.06. The van der Waals surface area contributed by atoms with Gasteiger partial charge >= 0.3 is 5.97 Å². The Hall–Kier alpha value is -2.47. The predicted molar refractivity (Wildman–Crippen MR) is 100 cm³/mol. The standard InChI is InChI=1S/C19H20N2O3S/c1-12-6-8-14(9-7-12)15-11-25-18-17(15)19(23)21(13(2)20-18)10-4-5-16(22)24-3/h6-9,11H,4-5,10H2,1-3H3. The molecule has 0 amide bonds. The number of esters is 1. The van der Waals surface area contributed by atoms with Crippen molar-refractivity contribution in [2.24, 2.45) is 0 Å². The van der Waals surface area contributed by atoms with E-state index in [1.54, 1.807) is 4.57 Å². The Bertz CT molecular complexity index is 971. The van der Waals surface area contributed by atoms with Crippen molar-refractivity contribution in [1.29, 1.82) is 0 Å². The Labute approximate surface area is 149 Å². The zero-order valence-electron chi connectivity index (χ0n) is 14.5. The Morgan fingerprint density at radius 2 is 1.96 bits per heavy atom. The van der Waals surface area contributed by atoms with Gasteiger partial charge in [0.1, 0.15) is 10.7 Å². The van der Waals surface area contributed by atoms with Crippen LogP contribution in [0.1, 0.15) is 24.2 Å². The minimum atomic E-state index is -0.268. The zero-order valence-corrected chi connectivity index (χ0v) is 15.4. The monoisotopic (exact) mass is 356 g/mol. The second kappa shape index (κ2) is 7.19. The van der Waals surface area contributed by atoms with E-state index < -0.39 is 0 Å². The quantitative estimate of drug-likeness (QED) is 0.654. The van der Waals surface area contributed by atoms with Gasteiger partial charge in [-0.2, -0.15) is 0 Å². The fourth-order valence-electron chi connectivity index (χ4n) is 2.82. The third kappa shape index (κ3) is 3.49. The van der Waals surface area contributed by atoms with E-state index in [9.17, 15) is 9.59 Å². The van der Waals surface area contributed by atoms with Crippen LogP contribution in [0, 0.1) is 13.8 Å². The molecule has 130 valence electrons. The smallest absolute Gasteiger partial charge is 0.305 e. The van der Waals surface area contributed by atoms with Crippen LogP contribution in [0.15, 0.2) is 34.4 Å². The number of nitrogens with zero attached hydrogens (tertiary/aromatic N) is 2. The fraction of sp³-hybridized carbons (Fsp3) is 0.316. The van der Waals surface area contributed by atoms with Gasteiger partial charge < -0.3 is 4.74 Å². The molecule has 0 aliphatic rings. The fourth-order valence-corrected chi connectivity index (χ4v) is 3.80. The van der Waals surface area contributed by atoms with Crippen LogP contribution in [0.2, 0.25) is 0 Å². The minimum absolute atomic E-state index is 0.0517. The number of thiophene rings is 1. The minimum Gasteiger partial charge on any atom is -0.469 e. The third-order valence-electron chi connectivity index (χ3n) is 4.24. The van der Waals surface area contributed by atoms with Crippen LogP contribution in [-0.2, 0) is 16.1 Å². The van der Waals surface area contributed by atoms with Gasteiger partial charge in [0, 0.05) is 23.9 Å². The summed E-state index contributed by atoms with van der Waals surface area (Å²) < 4.78 is 6.30. The number of fused-ring (bicyclic) bond motifs is 1. The van der Waals surface area contributed by atoms with Gasteiger partial charge in [-0.05, 0) is 25.8 Å². The summed E-state index contributed by atoms with van der Waals surface area (Å²) in [5, 5.41) is 2.64. The molecule has 2 heterocycles. The van der Waals surface area contributed by atoms with E-state index in [0.717, 1.165) is 16.0 Å². The van der Waals surface area contributed by atoms with Crippen molar-refractivity contribution < 1.29 is 9.53 Å². The van der Waals surface area contributed by atoms with Crippen molar-refractivity contribution in [2.45, 2.75) is 33.2 Å². The summed E-state index contributed by atoms with van der Waals surface area (Å²) in [5.74, 6) is 0.398. The maximum Gasteiger partial charge on any atom is 0.305 e. The Kier molecular flexibility index (Phi) is 4.99. The molecule has 0 N–H and O–H groups in total. The zero-order chi connectivity index (χ0) is 18.0. The molecule has 25 heavy (non-hydrogen) atoms. The van der Waals surface area contributed by atoms with Gasteiger partial charge in [0.25, 0.3) is 5.56 Å². The van der Waals surface area contributed by atoms with Crippen LogP contribution < -0.4 is 5.56 Å². The summed E-state index contributed by atoms with van der Waals surface area (Å²) in [7, 11) is 1.37. The number of methoxy groups -OCH3 is 1. The SMILES string of the molecule is COC(=O)CCCn1c(C)nc2scc(-c3ccc(C)cc3)c2c1=O. The van der Waals surface area contributed by atoms with Crippen molar-refractivity contribution in [3.63, 3.8) is 0 Å². The number of hydrogen-bond donors (Lipinski definition) is 0. The molecule has 0 radical (unpaired) electrons. The highest BCUT2D eigenvalue weighted by Gasteiger charge is 2.15. The lowest BCUT2D eigenvalue weighted by Crippen LogP contribution is -2.24. The molecular weight excluding hydrogens is 336 g/mol. The summed E-state index contributed by atoms with van der Waals surface area (Å²) in [6.45, 7) is 4.31. The van der Waals surface area contributed by atoms with Crippen LogP contribution in [-0.4, -0.2) is 22.6 Å². The van der Waals surface area contributed by atoms with Crippen molar-refractivity contribution in [3.05, 3.63) is 51.4 Å². The van der Waals surface area contributed by atoms with Gasteiger partial charge in [-0.1, -0.05) is 29.8 Å². The van der Waals surface area contributed by atoms with E-state index in [-0.39, 0.29) is 17.9 Å². The van der Waals surface area contributed by atoms with E-state index in [1.165, 1.54) is 24.0 Å². The number of ether oxygens (including phenoxy) is 1. The first-order valence-electron chi connectivity index (χ1n) is 8.13. The second-order valence-corrected chi connectivity index (χ2v) is 6.85. The molecule has 0 bridgehead atoms. The molecule has 3 aromatic rings. The van der Waals surface area contributed by atoms with Crippen LogP contribution in [0.3, 0.4) is 0 Å². The highest BCUT2D eigenvalue weighted by atomic mass is 32.1. The van der Waals surface area contributed by atoms with E-state index >= 15 is 0 Å². The van der Waals surface area contributed by atoms with Gasteiger partial charge in [-0.15, -0.1) is 11.3 Å². The molecule has 0 atom stereocenters. The number of aromatic nitrogens is 2. The van der Waals surface area contributed by atoms with Gasteiger partial charge in [0.2, 0.25) is 0 Å². The summed E-state index contributed by atoms with van der Waals surface area (Å²) in [6.07, 6.45) is 0.833. The Morgan fingerprint density at radius 1 is 1.24 bits per heavy atom. The molecule has 1 aromatic carbocycles. The number of hydrogen-bond acceptors (Lipinski definition) is 5. The van der Waals surface area contributed by atoms with Gasteiger partial charge in [0.05, 0.1) is 12.5 Å². The average molecular weight is 356 g/mol. The van der Waals surface area contributed by atoms with Crippen LogP contribution >= 0.6 is 11.3 Å². The number of carbonyl (C=O) groups is 1. The molecule has 0 unspecified atom stereocenters. The van der Waals surface area contributed by atoms with Gasteiger partial charge in [-0.25, -0.2) is 4.98 Å². The summed E-state index contributed by atoms with van der Waals surface area (Å²) >= 11 is 1.48. The van der Waals surface area contributed by atoms with E-state index in [4.69, 9.17) is 0 Å². The molecule has 0 spiro atoms.